The number of hydrogen-bond donors (Lipinski definition) is 1. The minimum Gasteiger partial charge on any atom is -0.340 e. The molecule has 1 aliphatic rings. The maximum Gasteiger partial charge on any atom is 0.232 e. The average Bonchev–Trinajstić information content (AvgIpc) is 3.02. The van der Waals surface area contributed by atoms with Crippen molar-refractivity contribution < 1.29 is 4.39 Å². The van der Waals surface area contributed by atoms with Gasteiger partial charge < -0.3 is 10.2 Å². The lowest BCUT2D eigenvalue weighted by atomic mass is 10.2. The van der Waals surface area contributed by atoms with Crippen molar-refractivity contribution in [2.24, 2.45) is 0 Å². The number of para-hydroxylation sites is 1. The second-order valence-corrected chi connectivity index (χ2v) is 6.39. The summed E-state index contributed by atoms with van der Waals surface area (Å²) in [7, 11) is 0. The molecule has 126 valence electrons. The third kappa shape index (κ3) is 3.15. The summed E-state index contributed by atoms with van der Waals surface area (Å²) in [6.07, 6.45) is 0.976. The van der Waals surface area contributed by atoms with Crippen molar-refractivity contribution in [2.45, 2.75) is 13.3 Å². The number of rotatable bonds is 3. The van der Waals surface area contributed by atoms with Crippen molar-refractivity contribution in [3.63, 3.8) is 0 Å². The fourth-order valence-corrected chi connectivity index (χ4v) is 3.19. The van der Waals surface area contributed by atoms with Gasteiger partial charge in [0.1, 0.15) is 11.6 Å². The smallest absolute Gasteiger partial charge is 0.232 e. The van der Waals surface area contributed by atoms with Gasteiger partial charge in [-0.1, -0.05) is 29.8 Å². The molecule has 0 aliphatic carbocycles. The molecule has 4 rings (SSSR count). The Labute approximate surface area is 150 Å². The van der Waals surface area contributed by atoms with Gasteiger partial charge in [-0.05, 0) is 43.2 Å². The Morgan fingerprint density at radius 1 is 1.12 bits per heavy atom. The standard InChI is InChI=1S/C19H16ClFN4/c1-12-10-18(23-14-6-7-16(21)15(20)11-14)24-19(22-12)25-9-8-13-4-2-3-5-17(13)25/h2-7,10-11H,8-9H2,1H3,(H,22,23,24). The van der Waals surface area contributed by atoms with E-state index >= 15 is 0 Å². The van der Waals surface area contributed by atoms with Gasteiger partial charge in [0, 0.05) is 29.7 Å². The van der Waals surface area contributed by atoms with Crippen LogP contribution in [0.4, 0.5) is 27.5 Å². The Kier molecular flexibility index (Phi) is 4.01. The highest BCUT2D eigenvalue weighted by Crippen LogP contribution is 2.33. The lowest BCUT2D eigenvalue weighted by Gasteiger charge is -2.18. The summed E-state index contributed by atoms with van der Waals surface area (Å²) in [5, 5.41) is 3.25. The van der Waals surface area contributed by atoms with Crippen LogP contribution in [0.15, 0.2) is 48.5 Å². The highest BCUT2D eigenvalue weighted by atomic mass is 35.5. The Morgan fingerprint density at radius 2 is 1.96 bits per heavy atom. The molecule has 1 aliphatic heterocycles. The van der Waals surface area contributed by atoms with E-state index in [1.165, 1.54) is 11.6 Å². The van der Waals surface area contributed by atoms with Gasteiger partial charge in [0.15, 0.2) is 0 Å². The normalized spacial score (nSPS) is 13.0. The summed E-state index contributed by atoms with van der Waals surface area (Å²) in [6.45, 7) is 2.78. The highest BCUT2D eigenvalue weighted by Gasteiger charge is 2.22. The van der Waals surface area contributed by atoms with Crippen molar-refractivity contribution >= 4 is 34.7 Å². The number of benzene rings is 2. The number of anilines is 4. The van der Waals surface area contributed by atoms with E-state index in [1.807, 2.05) is 25.1 Å². The molecule has 6 heteroatoms. The van der Waals surface area contributed by atoms with Crippen LogP contribution in [0.1, 0.15) is 11.3 Å². The molecule has 0 radical (unpaired) electrons. The number of halogens is 2. The molecule has 0 fully saturated rings. The Balaban J connectivity index is 1.66. The van der Waals surface area contributed by atoms with Crippen LogP contribution in [0.5, 0.6) is 0 Å². The van der Waals surface area contributed by atoms with E-state index in [4.69, 9.17) is 11.6 Å². The van der Waals surface area contributed by atoms with Crippen molar-refractivity contribution in [2.75, 3.05) is 16.8 Å². The molecule has 0 amide bonds. The number of nitrogens with zero attached hydrogens (tertiary/aromatic N) is 3. The number of hydrogen-bond acceptors (Lipinski definition) is 4. The summed E-state index contributed by atoms with van der Waals surface area (Å²) in [4.78, 5) is 11.3. The molecule has 0 bridgehead atoms. The first-order valence-corrected chi connectivity index (χ1v) is 8.41. The van der Waals surface area contributed by atoms with Gasteiger partial charge in [-0.15, -0.1) is 0 Å². The molecule has 0 saturated carbocycles. The molecular formula is C19H16ClFN4. The Hall–Kier alpha value is -2.66. The predicted molar refractivity (Wildman–Crippen MR) is 98.6 cm³/mol. The molecule has 0 spiro atoms. The van der Waals surface area contributed by atoms with Gasteiger partial charge >= 0.3 is 0 Å². The zero-order valence-corrected chi connectivity index (χ0v) is 14.4. The molecule has 4 nitrogen and oxygen atoms in total. The van der Waals surface area contributed by atoms with Crippen LogP contribution in [-0.2, 0) is 6.42 Å². The average molecular weight is 355 g/mol. The van der Waals surface area contributed by atoms with Gasteiger partial charge in [0.05, 0.1) is 5.02 Å². The SMILES string of the molecule is Cc1cc(Nc2ccc(F)c(Cl)c2)nc(N2CCc3ccccc32)n1. The zero-order chi connectivity index (χ0) is 17.4. The molecule has 1 aromatic heterocycles. The second-order valence-electron chi connectivity index (χ2n) is 5.98. The molecule has 3 aromatic rings. The summed E-state index contributed by atoms with van der Waals surface area (Å²) >= 11 is 5.85. The van der Waals surface area contributed by atoms with Crippen LogP contribution in [0.25, 0.3) is 0 Å². The van der Waals surface area contributed by atoms with Crippen LogP contribution in [0, 0.1) is 12.7 Å². The van der Waals surface area contributed by atoms with Crippen LogP contribution >= 0.6 is 11.6 Å². The Bertz CT molecular complexity index is 944. The topological polar surface area (TPSA) is 41.1 Å². The highest BCUT2D eigenvalue weighted by molar-refractivity contribution is 6.31. The van der Waals surface area contributed by atoms with Crippen molar-refractivity contribution in [1.82, 2.24) is 9.97 Å². The van der Waals surface area contributed by atoms with E-state index in [2.05, 4.69) is 32.3 Å². The minimum atomic E-state index is -0.444. The first-order chi connectivity index (χ1) is 12.1. The van der Waals surface area contributed by atoms with Crippen LogP contribution in [-0.4, -0.2) is 16.5 Å². The lowest BCUT2D eigenvalue weighted by molar-refractivity contribution is 0.628. The minimum absolute atomic E-state index is 0.0736. The van der Waals surface area contributed by atoms with Gasteiger partial charge in [-0.3, -0.25) is 0 Å². The van der Waals surface area contributed by atoms with E-state index in [-0.39, 0.29) is 5.02 Å². The van der Waals surface area contributed by atoms with Gasteiger partial charge in [-0.2, -0.15) is 4.98 Å². The maximum absolute atomic E-state index is 13.3. The van der Waals surface area contributed by atoms with Crippen molar-refractivity contribution in [3.8, 4) is 0 Å². The largest absolute Gasteiger partial charge is 0.340 e. The monoisotopic (exact) mass is 354 g/mol. The third-order valence-electron chi connectivity index (χ3n) is 4.16. The second kappa shape index (κ2) is 6.33. The number of fused-ring (bicyclic) bond motifs is 1. The van der Waals surface area contributed by atoms with Gasteiger partial charge in [0.2, 0.25) is 5.95 Å². The fraction of sp³-hybridized carbons (Fsp3) is 0.158. The molecule has 0 atom stereocenters. The van der Waals surface area contributed by atoms with Gasteiger partial charge in [-0.25, -0.2) is 9.37 Å². The third-order valence-corrected chi connectivity index (χ3v) is 4.45. The number of nitrogens with one attached hydrogen (secondary N) is 1. The van der Waals surface area contributed by atoms with E-state index in [1.54, 1.807) is 12.1 Å². The number of aromatic nitrogens is 2. The van der Waals surface area contributed by atoms with E-state index < -0.39 is 5.82 Å². The maximum atomic E-state index is 13.3. The molecular weight excluding hydrogens is 339 g/mol. The number of aryl methyl sites for hydroxylation is 1. The summed E-state index contributed by atoms with van der Waals surface area (Å²) in [5.41, 5.74) is 3.97. The lowest BCUT2D eigenvalue weighted by Crippen LogP contribution is -2.17. The van der Waals surface area contributed by atoms with Gasteiger partial charge in [0.25, 0.3) is 0 Å². The first-order valence-electron chi connectivity index (χ1n) is 8.03. The molecule has 0 saturated heterocycles. The summed E-state index contributed by atoms with van der Waals surface area (Å²) in [5.74, 6) is 0.857. The predicted octanol–water partition coefficient (Wildman–Crippen LogP) is 5.02. The molecule has 2 heterocycles. The summed E-state index contributed by atoms with van der Waals surface area (Å²) < 4.78 is 13.3. The van der Waals surface area contributed by atoms with Crippen LogP contribution < -0.4 is 10.2 Å². The van der Waals surface area contributed by atoms with Crippen LogP contribution in [0.3, 0.4) is 0 Å². The molecule has 2 aromatic carbocycles. The molecule has 25 heavy (non-hydrogen) atoms. The summed E-state index contributed by atoms with van der Waals surface area (Å²) in [6, 6.07) is 14.6. The van der Waals surface area contributed by atoms with E-state index in [9.17, 15) is 4.39 Å². The molecule has 1 N–H and O–H groups in total. The van der Waals surface area contributed by atoms with Crippen molar-refractivity contribution in [1.29, 1.82) is 0 Å². The zero-order valence-electron chi connectivity index (χ0n) is 13.6. The Morgan fingerprint density at radius 3 is 2.80 bits per heavy atom. The quantitative estimate of drug-likeness (QED) is 0.717. The fourth-order valence-electron chi connectivity index (χ4n) is 3.01. The van der Waals surface area contributed by atoms with E-state index in [0.29, 0.717) is 17.5 Å². The first kappa shape index (κ1) is 15.8. The van der Waals surface area contributed by atoms with Crippen molar-refractivity contribution in [3.05, 3.63) is 70.6 Å². The van der Waals surface area contributed by atoms with Crippen LogP contribution in [0.2, 0.25) is 5.02 Å². The molecule has 0 unspecified atom stereocenters. The van der Waals surface area contributed by atoms with E-state index in [0.717, 1.165) is 24.3 Å².